The van der Waals surface area contributed by atoms with Crippen LogP contribution in [0.5, 0.6) is 0 Å². The molecule has 3 aromatic rings. The van der Waals surface area contributed by atoms with Gasteiger partial charge in [0.2, 0.25) is 0 Å². The van der Waals surface area contributed by atoms with Crippen molar-refractivity contribution in [2.45, 2.75) is 6.92 Å². The number of benzene rings is 2. The van der Waals surface area contributed by atoms with Gasteiger partial charge in [0.25, 0.3) is 5.91 Å². The smallest absolute Gasteiger partial charge is 0.291 e. The van der Waals surface area contributed by atoms with Gasteiger partial charge in [-0.3, -0.25) is 4.79 Å². The van der Waals surface area contributed by atoms with Crippen LogP contribution in [0, 0.1) is 12.7 Å². The summed E-state index contributed by atoms with van der Waals surface area (Å²) in [7, 11) is 0. The van der Waals surface area contributed by atoms with Gasteiger partial charge in [-0.05, 0) is 49.4 Å². The second-order valence-electron chi connectivity index (χ2n) is 5.11. The second-order valence-corrected chi connectivity index (χ2v) is 5.52. The van der Waals surface area contributed by atoms with E-state index < -0.39 is 5.82 Å². The van der Waals surface area contributed by atoms with Crippen molar-refractivity contribution in [3.05, 3.63) is 76.8 Å². The van der Waals surface area contributed by atoms with Gasteiger partial charge in [-0.25, -0.2) is 4.39 Å². The van der Waals surface area contributed by atoms with Crippen molar-refractivity contribution >= 4 is 23.2 Å². The maximum atomic E-state index is 13.2. The van der Waals surface area contributed by atoms with Crippen LogP contribution in [0.2, 0.25) is 5.02 Å². The molecule has 0 unspecified atom stereocenters. The fourth-order valence-electron chi connectivity index (χ4n) is 2.09. The van der Waals surface area contributed by atoms with Crippen molar-refractivity contribution in [3.8, 4) is 11.3 Å². The number of nitrogens with one attached hydrogen (secondary N) is 1. The first-order valence-corrected chi connectivity index (χ1v) is 7.34. The first-order chi connectivity index (χ1) is 11.0. The predicted octanol–water partition coefficient (Wildman–Crippen LogP) is 5.30. The molecule has 1 aromatic heterocycles. The van der Waals surface area contributed by atoms with E-state index in [2.05, 4.69) is 5.32 Å². The van der Waals surface area contributed by atoms with Gasteiger partial charge in [-0.2, -0.15) is 0 Å². The van der Waals surface area contributed by atoms with Gasteiger partial charge in [0.05, 0.1) is 5.02 Å². The Bertz CT molecular complexity index is 856. The third-order valence-corrected chi connectivity index (χ3v) is 3.63. The minimum Gasteiger partial charge on any atom is -0.451 e. The lowest BCUT2D eigenvalue weighted by molar-refractivity contribution is 0.0997. The van der Waals surface area contributed by atoms with Crippen LogP contribution in [0.25, 0.3) is 11.3 Å². The summed E-state index contributed by atoms with van der Waals surface area (Å²) in [6.45, 7) is 1.97. The molecule has 0 saturated heterocycles. The van der Waals surface area contributed by atoms with Crippen LogP contribution in [0.4, 0.5) is 10.1 Å². The van der Waals surface area contributed by atoms with Crippen LogP contribution < -0.4 is 5.32 Å². The van der Waals surface area contributed by atoms with E-state index in [0.717, 1.165) is 5.56 Å². The molecule has 0 aliphatic heterocycles. The lowest BCUT2D eigenvalue weighted by Crippen LogP contribution is -2.10. The Morgan fingerprint density at radius 2 is 1.83 bits per heavy atom. The fraction of sp³-hybridized carbons (Fsp3) is 0.0556. The zero-order valence-corrected chi connectivity index (χ0v) is 13.0. The third kappa shape index (κ3) is 3.43. The first kappa shape index (κ1) is 15.3. The number of rotatable bonds is 3. The average molecular weight is 330 g/mol. The zero-order valence-electron chi connectivity index (χ0n) is 12.3. The van der Waals surface area contributed by atoms with Crippen LogP contribution in [0.1, 0.15) is 16.1 Å². The molecule has 1 N–H and O–H groups in total. The van der Waals surface area contributed by atoms with Gasteiger partial charge in [-0.15, -0.1) is 0 Å². The average Bonchev–Trinajstić information content (AvgIpc) is 3.02. The number of anilines is 1. The summed E-state index contributed by atoms with van der Waals surface area (Å²) < 4.78 is 18.7. The number of hydrogen-bond donors (Lipinski definition) is 1. The Labute approximate surface area is 137 Å². The number of amides is 1. The van der Waals surface area contributed by atoms with Crippen molar-refractivity contribution in [1.29, 1.82) is 0 Å². The molecule has 0 fully saturated rings. The zero-order chi connectivity index (χ0) is 16.4. The van der Waals surface area contributed by atoms with Crippen LogP contribution >= 0.6 is 11.6 Å². The van der Waals surface area contributed by atoms with E-state index in [1.165, 1.54) is 12.1 Å². The van der Waals surface area contributed by atoms with Gasteiger partial charge in [0.15, 0.2) is 5.76 Å². The monoisotopic (exact) mass is 329 g/mol. The summed E-state index contributed by atoms with van der Waals surface area (Å²) in [6.07, 6.45) is 0. The largest absolute Gasteiger partial charge is 0.451 e. The van der Waals surface area contributed by atoms with Crippen LogP contribution in [0.3, 0.4) is 0 Å². The molecule has 2 aromatic carbocycles. The Kier molecular flexibility index (Phi) is 4.17. The van der Waals surface area contributed by atoms with Crippen LogP contribution in [0.15, 0.2) is 59.0 Å². The van der Waals surface area contributed by atoms with Gasteiger partial charge >= 0.3 is 0 Å². The molecule has 0 aliphatic rings. The number of carbonyl (C=O) groups is 1. The minimum absolute atomic E-state index is 0.00422. The highest BCUT2D eigenvalue weighted by molar-refractivity contribution is 6.31. The summed E-state index contributed by atoms with van der Waals surface area (Å²) >= 11 is 5.76. The van der Waals surface area contributed by atoms with E-state index in [9.17, 15) is 9.18 Å². The normalized spacial score (nSPS) is 10.6. The fourth-order valence-corrected chi connectivity index (χ4v) is 2.27. The molecule has 1 heterocycles. The van der Waals surface area contributed by atoms with E-state index >= 15 is 0 Å². The minimum atomic E-state index is -0.501. The highest BCUT2D eigenvalue weighted by atomic mass is 35.5. The molecule has 0 spiro atoms. The quantitative estimate of drug-likeness (QED) is 0.708. The van der Waals surface area contributed by atoms with Gasteiger partial charge in [0.1, 0.15) is 11.6 Å². The standard InChI is InChI=1S/C18H13ClFNO2/c1-11-2-5-13(6-3-11)21-18(22)17-9-8-16(23-17)12-4-7-15(20)14(19)10-12/h2-10H,1H3,(H,21,22). The van der Waals surface area contributed by atoms with E-state index in [0.29, 0.717) is 17.0 Å². The first-order valence-electron chi connectivity index (χ1n) is 6.96. The van der Waals surface area contributed by atoms with Crippen molar-refractivity contribution in [2.24, 2.45) is 0 Å². The third-order valence-electron chi connectivity index (χ3n) is 3.34. The van der Waals surface area contributed by atoms with Gasteiger partial charge in [0, 0.05) is 11.3 Å². The number of hydrogen-bond acceptors (Lipinski definition) is 2. The Morgan fingerprint density at radius 1 is 1.09 bits per heavy atom. The van der Waals surface area contributed by atoms with Crippen molar-refractivity contribution in [2.75, 3.05) is 5.32 Å². The Balaban J connectivity index is 1.79. The van der Waals surface area contributed by atoms with Crippen molar-refractivity contribution < 1.29 is 13.6 Å². The number of furan rings is 1. The van der Waals surface area contributed by atoms with Crippen molar-refractivity contribution in [3.63, 3.8) is 0 Å². The number of carbonyl (C=O) groups excluding carboxylic acids is 1. The Hall–Kier alpha value is -2.59. The Morgan fingerprint density at radius 3 is 2.52 bits per heavy atom. The predicted molar refractivity (Wildman–Crippen MR) is 88.2 cm³/mol. The molecule has 3 nitrogen and oxygen atoms in total. The van der Waals surface area contributed by atoms with E-state index in [4.69, 9.17) is 16.0 Å². The maximum absolute atomic E-state index is 13.2. The summed E-state index contributed by atoms with van der Waals surface area (Å²) in [5.41, 5.74) is 2.39. The number of aryl methyl sites for hydroxylation is 1. The molecule has 1 amide bonds. The molecule has 5 heteroatoms. The van der Waals surface area contributed by atoms with E-state index in [-0.39, 0.29) is 16.7 Å². The molecule has 23 heavy (non-hydrogen) atoms. The van der Waals surface area contributed by atoms with Gasteiger partial charge < -0.3 is 9.73 Å². The lowest BCUT2D eigenvalue weighted by atomic mass is 10.2. The molecule has 0 saturated carbocycles. The summed E-state index contributed by atoms with van der Waals surface area (Å²) in [5, 5.41) is 2.76. The molecular formula is C18H13ClFNO2. The molecule has 0 aliphatic carbocycles. The van der Waals surface area contributed by atoms with Crippen LogP contribution in [-0.4, -0.2) is 5.91 Å². The van der Waals surface area contributed by atoms with E-state index in [1.54, 1.807) is 18.2 Å². The summed E-state index contributed by atoms with van der Waals surface area (Å²) in [4.78, 5) is 12.2. The van der Waals surface area contributed by atoms with Gasteiger partial charge in [-0.1, -0.05) is 29.3 Å². The number of halogens is 2. The van der Waals surface area contributed by atoms with Crippen molar-refractivity contribution in [1.82, 2.24) is 0 Å². The second kappa shape index (κ2) is 6.26. The molecular weight excluding hydrogens is 317 g/mol. The molecule has 3 rings (SSSR count). The van der Waals surface area contributed by atoms with E-state index in [1.807, 2.05) is 31.2 Å². The molecule has 0 bridgehead atoms. The summed E-state index contributed by atoms with van der Waals surface area (Å²) in [6, 6.07) is 14.9. The molecule has 0 atom stereocenters. The SMILES string of the molecule is Cc1ccc(NC(=O)c2ccc(-c3ccc(F)c(Cl)c3)o2)cc1. The lowest BCUT2D eigenvalue weighted by Gasteiger charge is -2.03. The highest BCUT2D eigenvalue weighted by Crippen LogP contribution is 2.26. The van der Waals surface area contributed by atoms with Crippen LogP contribution in [-0.2, 0) is 0 Å². The molecule has 0 radical (unpaired) electrons. The highest BCUT2D eigenvalue weighted by Gasteiger charge is 2.13. The maximum Gasteiger partial charge on any atom is 0.291 e. The molecule has 116 valence electrons. The topological polar surface area (TPSA) is 42.2 Å². The summed E-state index contributed by atoms with van der Waals surface area (Å²) in [5.74, 6) is -0.241.